The molecule has 1 N–H and O–H groups in total. The minimum Gasteiger partial charge on any atom is -0.492 e. The molecule has 9 heteroatoms. The van der Waals surface area contributed by atoms with E-state index in [1.807, 2.05) is 43.3 Å². The molecular formula is C22H21Cl2N5OS. The van der Waals surface area contributed by atoms with Crippen LogP contribution >= 0.6 is 34.5 Å². The fourth-order valence-corrected chi connectivity index (χ4v) is 5.69. The van der Waals surface area contributed by atoms with Crippen LogP contribution in [0.1, 0.15) is 22.3 Å². The van der Waals surface area contributed by atoms with Crippen molar-refractivity contribution in [1.82, 2.24) is 19.5 Å². The maximum atomic E-state index is 11.0. The van der Waals surface area contributed by atoms with Crippen molar-refractivity contribution >= 4 is 45.2 Å². The molecule has 0 radical (unpaired) electrons. The van der Waals surface area contributed by atoms with Gasteiger partial charge >= 0.3 is 0 Å². The van der Waals surface area contributed by atoms with E-state index in [2.05, 4.69) is 32.0 Å². The number of fused-ring (bicyclic) bond motifs is 1. The van der Waals surface area contributed by atoms with E-state index in [1.54, 1.807) is 0 Å². The van der Waals surface area contributed by atoms with Gasteiger partial charge in [-0.2, -0.15) is 4.52 Å². The second kappa shape index (κ2) is 8.31. The molecule has 5 rings (SSSR count). The van der Waals surface area contributed by atoms with Crippen molar-refractivity contribution in [3.63, 3.8) is 0 Å². The molecule has 1 atom stereocenters. The number of hydrogen-bond acceptors (Lipinski definition) is 6. The normalized spacial score (nSPS) is 16.2. The van der Waals surface area contributed by atoms with Crippen LogP contribution in [0, 0.1) is 6.92 Å². The third-order valence-corrected chi connectivity index (χ3v) is 7.11. The Labute approximate surface area is 194 Å². The molecule has 1 saturated heterocycles. The number of halogens is 2. The van der Waals surface area contributed by atoms with Crippen molar-refractivity contribution in [2.45, 2.75) is 13.0 Å². The van der Waals surface area contributed by atoms with Crippen LogP contribution in [0.2, 0.25) is 10.0 Å². The van der Waals surface area contributed by atoms with Gasteiger partial charge in [0.1, 0.15) is 5.82 Å². The van der Waals surface area contributed by atoms with E-state index in [1.165, 1.54) is 15.9 Å². The van der Waals surface area contributed by atoms with Gasteiger partial charge in [-0.1, -0.05) is 52.7 Å². The predicted octanol–water partition coefficient (Wildman–Crippen LogP) is 5.02. The van der Waals surface area contributed by atoms with Crippen LogP contribution in [0.15, 0.2) is 48.5 Å². The van der Waals surface area contributed by atoms with Gasteiger partial charge < -0.3 is 10.0 Å². The third-order valence-electron chi connectivity index (χ3n) is 5.57. The minimum atomic E-state index is -0.131. The van der Waals surface area contributed by atoms with Crippen molar-refractivity contribution in [2.75, 3.05) is 31.1 Å². The van der Waals surface area contributed by atoms with Crippen LogP contribution < -0.4 is 4.90 Å². The van der Waals surface area contributed by atoms with E-state index < -0.39 is 0 Å². The molecule has 4 aromatic rings. The monoisotopic (exact) mass is 473 g/mol. The Balaban J connectivity index is 1.48. The molecule has 2 aromatic carbocycles. The maximum Gasteiger partial charge on any atom is 0.230 e. The quantitative estimate of drug-likeness (QED) is 0.450. The second-order valence-corrected chi connectivity index (χ2v) is 9.49. The zero-order chi connectivity index (χ0) is 21.5. The molecule has 0 bridgehead atoms. The molecular weight excluding hydrogens is 453 g/mol. The van der Waals surface area contributed by atoms with Crippen molar-refractivity contribution in [3.8, 4) is 5.88 Å². The highest BCUT2D eigenvalue weighted by Crippen LogP contribution is 2.41. The number of benzene rings is 2. The van der Waals surface area contributed by atoms with Gasteiger partial charge in [0, 0.05) is 41.9 Å². The summed E-state index contributed by atoms with van der Waals surface area (Å²) in [4.78, 5) is 10.7. The van der Waals surface area contributed by atoms with Gasteiger partial charge in [0.25, 0.3) is 0 Å². The van der Waals surface area contributed by atoms with E-state index >= 15 is 0 Å². The standard InChI is InChI=1S/C22H21Cl2N5OS/c1-14-25-22-29(26-14)21(30)20(31-22)19(15-4-2-5-16(23)12-15)28-10-8-27(9-11-28)18-7-3-6-17(24)13-18/h2-7,12-13,19,30H,8-11H2,1H3. The summed E-state index contributed by atoms with van der Waals surface area (Å²) in [5.41, 5.74) is 2.17. The highest BCUT2D eigenvalue weighted by molar-refractivity contribution is 7.17. The smallest absolute Gasteiger partial charge is 0.230 e. The molecule has 2 aromatic heterocycles. The van der Waals surface area contributed by atoms with Crippen LogP contribution in [-0.4, -0.2) is 50.8 Å². The number of aromatic hydroxyl groups is 1. The first-order valence-electron chi connectivity index (χ1n) is 10.0. The molecule has 0 amide bonds. The number of rotatable bonds is 4. The lowest BCUT2D eigenvalue weighted by Gasteiger charge is -2.40. The van der Waals surface area contributed by atoms with E-state index in [0.717, 1.165) is 47.3 Å². The molecule has 6 nitrogen and oxygen atoms in total. The molecule has 1 aliphatic heterocycles. The number of piperazine rings is 1. The largest absolute Gasteiger partial charge is 0.492 e. The van der Waals surface area contributed by atoms with Crippen LogP contribution in [0.25, 0.3) is 4.96 Å². The Hall–Kier alpha value is -2.32. The average molecular weight is 474 g/mol. The molecule has 0 aliphatic carbocycles. The summed E-state index contributed by atoms with van der Waals surface area (Å²) in [6.07, 6.45) is 0. The summed E-state index contributed by atoms with van der Waals surface area (Å²) in [7, 11) is 0. The second-order valence-electron chi connectivity index (χ2n) is 7.60. The minimum absolute atomic E-state index is 0.131. The van der Waals surface area contributed by atoms with Crippen LogP contribution in [-0.2, 0) is 0 Å². The van der Waals surface area contributed by atoms with Gasteiger partial charge in [0.05, 0.1) is 10.9 Å². The fourth-order valence-electron chi connectivity index (χ4n) is 4.14. The van der Waals surface area contributed by atoms with Crippen LogP contribution in [0.3, 0.4) is 0 Å². The van der Waals surface area contributed by atoms with Crippen molar-refractivity contribution < 1.29 is 5.11 Å². The average Bonchev–Trinajstić information content (AvgIpc) is 3.26. The molecule has 0 spiro atoms. The molecule has 0 saturated carbocycles. The highest BCUT2D eigenvalue weighted by Gasteiger charge is 2.32. The molecule has 160 valence electrons. The van der Waals surface area contributed by atoms with Gasteiger partial charge in [-0.25, -0.2) is 4.98 Å². The molecule has 1 aliphatic rings. The summed E-state index contributed by atoms with van der Waals surface area (Å²) in [5.74, 6) is 0.783. The highest BCUT2D eigenvalue weighted by atomic mass is 35.5. The van der Waals surface area contributed by atoms with E-state index in [9.17, 15) is 5.11 Å². The van der Waals surface area contributed by atoms with E-state index in [4.69, 9.17) is 23.2 Å². The topological polar surface area (TPSA) is 56.9 Å². The molecule has 3 heterocycles. The Morgan fingerprint density at radius 1 is 1.00 bits per heavy atom. The molecule has 1 fully saturated rings. The van der Waals surface area contributed by atoms with Crippen LogP contribution in [0.5, 0.6) is 5.88 Å². The lowest BCUT2D eigenvalue weighted by atomic mass is 10.0. The van der Waals surface area contributed by atoms with Crippen molar-refractivity contribution in [2.24, 2.45) is 0 Å². The molecule has 1 unspecified atom stereocenters. The van der Waals surface area contributed by atoms with Gasteiger partial charge in [0.15, 0.2) is 0 Å². The van der Waals surface area contributed by atoms with E-state index in [0.29, 0.717) is 15.8 Å². The fraction of sp³-hybridized carbons (Fsp3) is 0.273. The number of nitrogens with zero attached hydrogens (tertiary/aromatic N) is 5. The number of thiazole rings is 1. The summed E-state index contributed by atoms with van der Waals surface area (Å²) < 4.78 is 1.52. The Morgan fingerprint density at radius 2 is 1.71 bits per heavy atom. The SMILES string of the molecule is Cc1nc2sc(C(c3cccc(Cl)c3)N3CCN(c4cccc(Cl)c4)CC3)c(O)n2n1. The number of anilines is 1. The summed E-state index contributed by atoms with van der Waals surface area (Å²) in [6.45, 7) is 5.20. The number of aromatic nitrogens is 3. The third kappa shape index (κ3) is 3.99. The predicted molar refractivity (Wildman–Crippen MR) is 126 cm³/mol. The van der Waals surface area contributed by atoms with E-state index in [-0.39, 0.29) is 11.9 Å². The Bertz CT molecular complexity index is 1230. The van der Waals surface area contributed by atoms with Gasteiger partial charge in [-0.3, -0.25) is 4.90 Å². The zero-order valence-corrected chi connectivity index (χ0v) is 19.2. The lowest BCUT2D eigenvalue weighted by molar-refractivity contribution is 0.211. The summed E-state index contributed by atoms with van der Waals surface area (Å²) >= 11 is 14.0. The van der Waals surface area contributed by atoms with Crippen LogP contribution in [0.4, 0.5) is 5.69 Å². The number of aryl methyl sites for hydroxylation is 1. The first-order valence-corrected chi connectivity index (χ1v) is 11.6. The lowest BCUT2D eigenvalue weighted by Crippen LogP contribution is -2.47. The van der Waals surface area contributed by atoms with Crippen molar-refractivity contribution in [1.29, 1.82) is 0 Å². The summed E-state index contributed by atoms with van der Waals surface area (Å²) in [6, 6.07) is 15.7. The first kappa shape index (κ1) is 20.6. The van der Waals surface area contributed by atoms with Gasteiger partial charge in [-0.05, 0) is 42.8 Å². The Morgan fingerprint density at radius 3 is 2.39 bits per heavy atom. The number of hydrogen-bond donors (Lipinski definition) is 1. The first-order chi connectivity index (χ1) is 15.0. The van der Waals surface area contributed by atoms with Gasteiger partial charge in [0.2, 0.25) is 10.8 Å². The Kier molecular flexibility index (Phi) is 5.52. The van der Waals surface area contributed by atoms with Gasteiger partial charge in [-0.15, -0.1) is 5.10 Å². The molecule has 31 heavy (non-hydrogen) atoms. The van der Waals surface area contributed by atoms with Crippen molar-refractivity contribution in [3.05, 3.63) is 74.8 Å². The maximum absolute atomic E-state index is 11.0. The zero-order valence-electron chi connectivity index (χ0n) is 16.9. The summed E-state index contributed by atoms with van der Waals surface area (Å²) in [5, 5.41) is 16.7.